The first-order chi connectivity index (χ1) is 22.9. The number of hydrogen-bond acceptors (Lipinski definition) is 7. The van der Waals surface area contributed by atoms with Gasteiger partial charge in [0, 0.05) is 13.0 Å². The van der Waals surface area contributed by atoms with Gasteiger partial charge in [-0.1, -0.05) is 132 Å². The lowest BCUT2D eigenvalue weighted by Crippen LogP contribution is -2.62. The summed E-state index contributed by atoms with van der Waals surface area (Å²) >= 11 is 0. The van der Waals surface area contributed by atoms with Crippen LogP contribution in [-0.4, -0.2) is 75.7 Å². The maximum Gasteiger partial charge on any atom is 0.312 e. The van der Waals surface area contributed by atoms with Gasteiger partial charge in [0.05, 0.1) is 25.7 Å². The number of ether oxygens (including phenoxy) is 3. The molecule has 1 fully saturated rings. The largest absolute Gasteiger partial charge is 0.487 e. The second-order valence-electron chi connectivity index (χ2n) is 18.4. The Morgan fingerprint density at radius 2 is 1.04 bits per heavy atom. The van der Waals surface area contributed by atoms with Crippen LogP contribution in [0.15, 0.2) is 11.8 Å². The van der Waals surface area contributed by atoms with Crippen molar-refractivity contribution in [3.8, 4) is 0 Å². The molecule has 1 aliphatic carbocycles. The monoisotopic (exact) mass is 757 g/mol. The highest BCUT2D eigenvalue weighted by Crippen LogP contribution is 2.60. The minimum Gasteiger partial charge on any atom is -0.487 e. The highest BCUT2D eigenvalue weighted by Gasteiger charge is 2.72. The normalized spacial score (nSPS) is 26.8. The third kappa shape index (κ3) is 7.83. The summed E-state index contributed by atoms with van der Waals surface area (Å²) in [6.07, 6.45) is 0.943. The zero-order valence-corrected chi connectivity index (χ0v) is 39.2. The second kappa shape index (κ2) is 17.3. The molecule has 0 radical (unpaired) electrons. The molecule has 2 aliphatic rings. The van der Waals surface area contributed by atoms with Gasteiger partial charge in [-0.3, -0.25) is 4.79 Å². The van der Waals surface area contributed by atoms with Gasteiger partial charge in [0.1, 0.15) is 23.6 Å². The topological polar surface area (TPSA) is 72.5 Å². The lowest BCUT2D eigenvalue weighted by molar-refractivity contribution is -0.145. The Balaban J connectivity index is 3.00. The van der Waals surface area contributed by atoms with Crippen molar-refractivity contribution >= 4 is 30.9 Å². The zero-order chi connectivity index (χ0) is 38.9. The first-order valence-electron chi connectivity index (χ1n) is 20.0. The number of esters is 1. The SMILES string of the molecule is COC(=O)[C@H]1[C@H](C)[C@@]1(OC)C1=C[C@@H](O[Si](C(C)C)(C(C)C)C(C)C)[C@H](O[Si](C(C)C)(C(C)C)C(C)C)[C@@H](CO[Si](C(C)C)(C(C)C)C(C)C)O1. The Kier molecular flexibility index (Phi) is 15.8. The molecule has 10 heteroatoms. The lowest BCUT2D eigenvalue weighted by atomic mass is 10.0. The van der Waals surface area contributed by atoms with Crippen LogP contribution in [0.25, 0.3) is 0 Å². The van der Waals surface area contributed by atoms with E-state index in [1.165, 1.54) is 7.11 Å². The van der Waals surface area contributed by atoms with Crippen molar-refractivity contribution in [1.29, 1.82) is 0 Å². The number of rotatable bonds is 19. The van der Waals surface area contributed by atoms with Crippen LogP contribution in [0.1, 0.15) is 132 Å². The second-order valence-corrected chi connectivity index (χ2v) is 34.7. The van der Waals surface area contributed by atoms with Crippen LogP contribution in [0, 0.1) is 11.8 Å². The smallest absolute Gasteiger partial charge is 0.312 e. The van der Waals surface area contributed by atoms with Crippen LogP contribution in [0.2, 0.25) is 49.9 Å². The van der Waals surface area contributed by atoms with E-state index in [1.807, 2.05) is 0 Å². The maximum atomic E-state index is 13.2. The van der Waals surface area contributed by atoms with Gasteiger partial charge in [0.15, 0.2) is 0 Å². The first-order valence-corrected chi connectivity index (χ1v) is 26.4. The Morgan fingerprint density at radius 1 is 0.660 bits per heavy atom. The number of carbonyl (C=O) groups is 1. The summed E-state index contributed by atoms with van der Waals surface area (Å²) in [7, 11) is -4.00. The minimum atomic E-state index is -2.43. The third-order valence-corrected chi connectivity index (χ3v) is 31.6. The average Bonchev–Trinajstić information content (AvgIpc) is 3.61. The molecule has 0 amide bonds. The molecule has 0 bridgehead atoms. The first kappa shape index (κ1) is 45.7. The zero-order valence-electron chi connectivity index (χ0n) is 36.2. The van der Waals surface area contributed by atoms with E-state index < -0.39 is 42.6 Å². The number of methoxy groups -OCH3 is 2. The summed E-state index contributed by atoms with van der Waals surface area (Å²) < 4.78 is 41.8. The van der Waals surface area contributed by atoms with Crippen LogP contribution in [0.5, 0.6) is 0 Å². The fourth-order valence-electron chi connectivity index (χ4n) is 11.2. The Morgan fingerprint density at radius 3 is 1.38 bits per heavy atom. The van der Waals surface area contributed by atoms with Crippen LogP contribution < -0.4 is 0 Å². The van der Waals surface area contributed by atoms with Gasteiger partial charge in [-0.05, 0) is 55.9 Å². The summed E-state index contributed by atoms with van der Waals surface area (Å²) in [6, 6.07) is 0. The molecule has 1 heterocycles. The van der Waals surface area contributed by atoms with Gasteiger partial charge in [-0.25, -0.2) is 0 Å². The molecule has 0 spiro atoms. The molecule has 50 heavy (non-hydrogen) atoms. The summed E-state index contributed by atoms with van der Waals surface area (Å²) in [4.78, 5) is 13.2. The van der Waals surface area contributed by atoms with E-state index in [9.17, 15) is 4.79 Å². The van der Waals surface area contributed by atoms with Gasteiger partial charge in [-0.2, -0.15) is 0 Å². The van der Waals surface area contributed by atoms with E-state index in [-0.39, 0.29) is 24.1 Å². The van der Waals surface area contributed by atoms with Crippen molar-refractivity contribution in [3.63, 3.8) is 0 Å². The molecule has 7 nitrogen and oxygen atoms in total. The van der Waals surface area contributed by atoms with E-state index in [4.69, 9.17) is 27.5 Å². The quantitative estimate of drug-likeness (QED) is 0.0959. The molecule has 0 aromatic carbocycles. The molecular formula is C40H80O7Si3. The Bertz CT molecular complexity index is 1070. The summed E-state index contributed by atoms with van der Waals surface area (Å²) in [5.41, 5.74) is 2.60. The summed E-state index contributed by atoms with van der Waals surface area (Å²) in [6.45, 7) is 44.5. The van der Waals surface area contributed by atoms with E-state index in [0.717, 1.165) is 0 Å². The summed E-state index contributed by atoms with van der Waals surface area (Å²) in [5.74, 6) is -0.187. The molecule has 6 atom stereocenters. The lowest BCUT2D eigenvalue weighted by Gasteiger charge is -2.52. The van der Waals surface area contributed by atoms with E-state index in [0.29, 0.717) is 62.2 Å². The van der Waals surface area contributed by atoms with Crippen LogP contribution in [0.3, 0.4) is 0 Å². The van der Waals surface area contributed by atoms with Crippen molar-refractivity contribution < 1.29 is 32.3 Å². The number of carbonyl (C=O) groups excluding carboxylic acids is 1. The molecule has 0 saturated heterocycles. The van der Waals surface area contributed by atoms with Crippen LogP contribution in [0.4, 0.5) is 0 Å². The molecular weight excluding hydrogens is 677 g/mol. The molecule has 2 rings (SSSR count). The van der Waals surface area contributed by atoms with E-state index in [1.54, 1.807) is 7.11 Å². The van der Waals surface area contributed by atoms with Gasteiger partial charge >= 0.3 is 5.97 Å². The average molecular weight is 757 g/mol. The van der Waals surface area contributed by atoms with Crippen molar-refractivity contribution in [2.24, 2.45) is 11.8 Å². The van der Waals surface area contributed by atoms with Crippen molar-refractivity contribution in [1.82, 2.24) is 0 Å². The molecule has 0 N–H and O–H groups in total. The molecule has 1 saturated carbocycles. The van der Waals surface area contributed by atoms with Crippen LogP contribution in [-0.2, 0) is 32.3 Å². The minimum absolute atomic E-state index is 0.112. The maximum absolute atomic E-state index is 13.2. The predicted octanol–water partition coefficient (Wildman–Crippen LogP) is 11.4. The fourth-order valence-corrected chi connectivity index (χ4v) is 27.7. The van der Waals surface area contributed by atoms with Gasteiger partial charge in [-0.15, -0.1) is 0 Å². The van der Waals surface area contributed by atoms with Crippen molar-refractivity contribution in [3.05, 3.63) is 11.8 Å². The standard InChI is InChI=1S/C40H80O7Si3/c1-24(2)48(25(3)4,26(5)6)44-23-35-38(47-50(30(13)14,31(15)16)32(17)18)34(46-49(27(7)8,28(9)10)29(11)12)22-36(45-35)40(43-21)33(19)37(40)39(41)42-20/h22,24-35,37-38H,23H2,1-21H3/t33-,34+,35+,37+,38-,40+/m0/s1. The Labute approximate surface area is 312 Å². The van der Waals surface area contributed by atoms with Crippen molar-refractivity contribution in [2.75, 3.05) is 20.8 Å². The highest BCUT2D eigenvalue weighted by atomic mass is 28.4. The van der Waals surface area contributed by atoms with E-state index >= 15 is 0 Å². The Hall–Kier alpha value is -0.499. The molecule has 294 valence electrons. The number of hydrogen-bond donors (Lipinski definition) is 0. The molecule has 0 aromatic rings. The third-order valence-electron chi connectivity index (χ3n) is 13.3. The predicted molar refractivity (Wildman–Crippen MR) is 216 cm³/mol. The van der Waals surface area contributed by atoms with Crippen molar-refractivity contribution in [2.45, 2.75) is 205 Å². The highest BCUT2D eigenvalue weighted by molar-refractivity contribution is 6.78. The molecule has 1 aliphatic heterocycles. The molecule has 0 aromatic heterocycles. The summed E-state index contributed by atoms with van der Waals surface area (Å²) in [5, 5.41) is 0. The van der Waals surface area contributed by atoms with Gasteiger partial charge in [0.25, 0.3) is 0 Å². The van der Waals surface area contributed by atoms with Gasteiger partial charge in [0.2, 0.25) is 25.0 Å². The molecule has 0 unspecified atom stereocenters. The van der Waals surface area contributed by atoms with Crippen LogP contribution >= 0.6 is 0 Å². The van der Waals surface area contributed by atoms with E-state index in [2.05, 4.69) is 138 Å². The van der Waals surface area contributed by atoms with Gasteiger partial charge < -0.3 is 27.5 Å². The fraction of sp³-hybridized carbons (Fsp3) is 0.925.